The lowest BCUT2D eigenvalue weighted by Gasteiger charge is -2.15. The standard InChI is InChI=1S/C9H18O3S/c1-5-13-7-11-6-12-8(10)9(2,3)4/h7,13H,5-6H2,1-4H3. The molecule has 4 heteroatoms. The Balaban J connectivity index is 3.55. The highest BCUT2D eigenvalue weighted by Gasteiger charge is 2.22. The Bertz CT molecular complexity index is 182. The molecule has 0 aliphatic rings. The predicted octanol–water partition coefficient (Wildman–Crippen LogP) is 1.79. The van der Waals surface area contributed by atoms with E-state index in [9.17, 15) is 4.79 Å². The molecule has 0 radical (unpaired) electrons. The molecule has 0 bridgehead atoms. The van der Waals surface area contributed by atoms with Crippen molar-refractivity contribution in [1.29, 1.82) is 0 Å². The summed E-state index contributed by atoms with van der Waals surface area (Å²) >= 11 is 1.10. The van der Waals surface area contributed by atoms with Gasteiger partial charge in [-0.2, -0.15) is 11.4 Å². The number of esters is 1. The van der Waals surface area contributed by atoms with Gasteiger partial charge in [0.15, 0.2) is 6.79 Å². The first kappa shape index (κ1) is 12.7. The monoisotopic (exact) mass is 206 g/mol. The molecule has 0 aromatic heterocycles. The van der Waals surface area contributed by atoms with Gasteiger partial charge in [0.25, 0.3) is 0 Å². The summed E-state index contributed by atoms with van der Waals surface area (Å²) in [5, 5.41) is 0. The molecule has 0 aliphatic carbocycles. The number of ether oxygens (including phenoxy) is 2. The van der Waals surface area contributed by atoms with Crippen molar-refractivity contribution in [3.63, 3.8) is 0 Å². The molecule has 0 aromatic rings. The van der Waals surface area contributed by atoms with Crippen LogP contribution >= 0.6 is 11.4 Å². The van der Waals surface area contributed by atoms with E-state index in [0.29, 0.717) is 0 Å². The molecule has 13 heavy (non-hydrogen) atoms. The second kappa shape index (κ2) is 6.16. The van der Waals surface area contributed by atoms with E-state index in [2.05, 4.69) is 0 Å². The molecule has 0 atom stereocenters. The molecule has 0 N–H and O–H groups in total. The minimum atomic E-state index is -0.453. The van der Waals surface area contributed by atoms with E-state index < -0.39 is 5.41 Å². The van der Waals surface area contributed by atoms with E-state index in [1.165, 1.54) is 0 Å². The van der Waals surface area contributed by atoms with E-state index in [0.717, 1.165) is 17.1 Å². The summed E-state index contributed by atoms with van der Waals surface area (Å²) in [5.41, 5.74) is 1.18. The third-order valence-corrected chi connectivity index (χ3v) is 1.87. The SMILES string of the molecule is CC[SH]=COCOC(=O)C(C)(C)C. The Hall–Kier alpha value is -0.350. The normalized spacial score (nSPS) is 12.6. The largest absolute Gasteiger partial charge is 0.438 e. The molecule has 0 heterocycles. The van der Waals surface area contributed by atoms with Crippen LogP contribution in [0.2, 0.25) is 0 Å². The Kier molecular flexibility index (Phi) is 5.99. The fourth-order valence-electron chi connectivity index (χ4n) is 0.462. The summed E-state index contributed by atoms with van der Waals surface area (Å²) in [6.45, 7) is 7.49. The first-order valence-corrected chi connectivity index (χ1v) is 5.40. The molecule has 0 rings (SSSR count). The van der Waals surface area contributed by atoms with Crippen LogP contribution in [0.4, 0.5) is 0 Å². The van der Waals surface area contributed by atoms with Crippen molar-refractivity contribution in [3.05, 3.63) is 0 Å². The first-order chi connectivity index (χ1) is 5.98. The molecule has 3 nitrogen and oxygen atoms in total. The summed E-state index contributed by atoms with van der Waals surface area (Å²) in [7, 11) is 0. The number of hydrogen-bond acceptors (Lipinski definition) is 3. The van der Waals surface area contributed by atoms with Gasteiger partial charge in [-0.1, -0.05) is 6.92 Å². The van der Waals surface area contributed by atoms with Crippen LogP contribution in [0.15, 0.2) is 0 Å². The number of carbonyl (C=O) groups excluding carboxylic acids is 1. The third kappa shape index (κ3) is 6.78. The second-order valence-corrected chi connectivity index (χ2v) is 4.78. The minimum absolute atomic E-state index is 0.0170. The van der Waals surface area contributed by atoms with Crippen molar-refractivity contribution in [2.75, 3.05) is 12.5 Å². The Morgan fingerprint density at radius 2 is 2.08 bits per heavy atom. The van der Waals surface area contributed by atoms with Crippen LogP contribution in [-0.2, 0) is 14.3 Å². The lowest BCUT2D eigenvalue weighted by Crippen LogP contribution is -2.23. The van der Waals surface area contributed by atoms with Crippen molar-refractivity contribution in [2.24, 2.45) is 5.41 Å². The van der Waals surface area contributed by atoms with Gasteiger partial charge in [-0.25, -0.2) is 0 Å². The summed E-state index contributed by atoms with van der Waals surface area (Å²) in [4.78, 5) is 11.2. The van der Waals surface area contributed by atoms with E-state index in [4.69, 9.17) is 9.47 Å². The lowest BCUT2D eigenvalue weighted by atomic mass is 9.98. The Morgan fingerprint density at radius 1 is 1.46 bits per heavy atom. The Morgan fingerprint density at radius 3 is 2.54 bits per heavy atom. The van der Waals surface area contributed by atoms with Crippen LogP contribution in [0, 0.1) is 5.41 Å². The van der Waals surface area contributed by atoms with E-state index >= 15 is 0 Å². The van der Waals surface area contributed by atoms with E-state index in [1.54, 1.807) is 5.55 Å². The molecule has 0 fully saturated rings. The van der Waals surface area contributed by atoms with Crippen LogP contribution in [0.5, 0.6) is 0 Å². The van der Waals surface area contributed by atoms with Gasteiger partial charge in [-0.15, -0.1) is 0 Å². The maximum absolute atomic E-state index is 11.2. The second-order valence-electron chi connectivity index (χ2n) is 3.57. The summed E-state index contributed by atoms with van der Waals surface area (Å²) in [6.07, 6.45) is 0. The van der Waals surface area contributed by atoms with Crippen LogP contribution < -0.4 is 0 Å². The summed E-state index contributed by atoms with van der Waals surface area (Å²) < 4.78 is 9.82. The highest BCUT2D eigenvalue weighted by atomic mass is 32.1. The molecular weight excluding hydrogens is 188 g/mol. The predicted molar refractivity (Wildman–Crippen MR) is 57.1 cm³/mol. The summed E-state index contributed by atoms with van der Waals surface area (Å²) in [5.74, 6) is 0.766. The van der Waals surface area contributed by atoms with Crippen molar-refractivity contribution in [2.45, 2.75) is 27.7 Å². The van der Waals surface area contributed by atoms with E-state index in [-0.39, 0.29) is 12.8 Å². The average Bonchev–Trinajstić information content (AvgIpc) is 2.02. The van der Waals surface area contributed by atoms with Gasteiger partial charge in [0, 0.05) is 0 Å². The molecule has 0 aromatic carbocycles. The first-order valence-electron chi connectivity index (χ1n) is 4.25. The van der Waals surface area contributed by atoms with E-state index in [1.807, 2.05) is 27.7 Å². The van der Waals surface area contributed by atoms with Gasteiger partial charge in [-0.05, 0) is 26.5 Å². The average molecular weight is 206 g/mol. The van der Waals surface area contributed by atoms with Gasteiger partial charge < -0.3 is 9.47 Å². The maximum Gasteiger partial charge on any atom is 0.313 e. The minimum Gasteiger partial charge on any atom is -0.438 e. The quantitative estimate of drug-likeness (QED) is 0.250. The molecule has 0 spiro atoms. The molecule has 0 saturated heterocycles. The van der Waals surface area contributed by atoms with Gasteiger partial charge in [-0.3, -0.25) is 4.79 Å². The zero-order chi connectivity index (χ0) is 10.3. The lowest BCUT2D eigenvalue weighted by molar-refractivity contribution is -0.159. The van der Waals surface area contributed by atoms with Gasteiger partial charge in [0.05, 0.1) is 11.0 Å². The number of thiol groups is 1. The number of carbonyl (C=O) groups is 1. The highest BCUT2D eigenvalue weighted by molar-refractivity contribution is 7.97. The van der Waals surface area contributed by atoms with Gasteiger partial charge in [0.2, 0.25) is 0 Å². The zero-order valence-corrected chi connectivity index (χ0v) is 9.56. The van der Waals surface area contributed by atoms with Crippen molar-refractivity contribution >= 4 is 22.9 Å². The van der Waals surface area contributed by atoms with Crippen molar-refractivity contribution in [3.8, 4) is 0 Å². The Labute approximate surface area is 83.4 Å². The number of rotatable bonds is 4. The van der Waals surface area contributed by atoms with Crippen LogP contribution in [-0.4, -0.2) is 24.1 Å². The zero-order valence-electron chi connectivity index (χ0n) is 8.66. The van der Waals surface area contributed by atoms with Crippen LogP contribution in [0.1, 0.15) is 27.7 Å². The molecular formula is C9H18O3S. The van der Waals surface area contributed by atoms with Crippen molar-refractivity contribution in [1.82, 2.24) is 0 Å². The molecule has 0 saturated carbocycles. The highest BCUT2D eigenvalue weighted by Crippen LogP contribution is 2.14. The third-order valence-electron chi connectivity index (χ3n) is 1.20. The number of hydrogen-bond donors (Lipinski definition) is 1. The van der Waals surface area contributed by atoms with Gasteiger partial charge in [0.1, 0.15) is 0 Å². The van der Waals surface area contributed by atoms with Crippen LogP contribution in [0.3, 0.4) is 0 Å². The molecule has 0 amide bonds. The van der Waals surface area contributed by atoms with Gasteiger partial charge >= 0.3 is 5.97 Å². The fraction of sp³-hybridized carbons (Fsp3) is 0.778. The topological polar surface area (TPSA) is 35.5 Å². The molecule has 0 aliphatic heterocycles. The smallest absolute Gasteiger partial charge is 0.313 e. The maximum atomic E-state index is 11.2. The molecule has 78 valence electrons. The van der Waals surface area contributed by atoms with Crippen LogP contribution in [0.25, 0.3) is 0 Å². The van der Waals surface area contributed by atoms with Crippen molar-refractivity contribution < 1.29 is 14.3 Å². The molecule has 0 unspecified atom stereocenters. The fourth-order valence-corrected chi connectivity index (χ4v) is 0.777. The summed E-state index contributed by atoms with van der Waals surface area (Å²) in [6, 6.07) is 0.